The number of hydrogen-bond donors (Lipinski definition) is 2. The maximum absolute atomic E-state index is 11.1. The molecule has 1 fully saturated rings. The molecule has 1 aromatic carbocycles. The zero-order chi connectivity index (χ0) is 13.9. The van der Waals surface area contributed by atoms with Crippen LogP contribution in [-0.4, -0.2) is 22.2 Å². The van der Waals surface area contributed by atoms with E-state index in [1.165, 1.54) is 6.08 Å². The van der Waals surface area contributed by atoms with Crippen molar-refractivity contribution in [3.8, 4) is 0 Å². The van der Waals surface area contributed by atoms with E-state index in [0.29, 0.717) is 0 Å². The molecule has 100 valence electrons. The Bertz CT molecular complexity index is 494. The first-order valence-electron chi connectivity index (χ1n) is 6.30. The molecule has 4 nitrogen and oxygen atoms in total. The third-order valence-corrected chi connectivity index (χ3v) is 3.73. The Balaban J connectivity index is 2.49. The van der Waals surface area contributed by atoms with Gasteiger partial charge in [-0.3, -0.25) is 0 Å². The van der Waals surface area contributed by atoms with Gasteiger partial charge in [-0.05, 0) is 18.4 Å². The molecular formula is C15H16O4. The topological polar surface area (TPSA) is 74.6 Å². The maximum atomic E-state index is 11.1. The van der Waals surface area contributed by atoms with Crippen LogP contribution in [0.5, 0.6) is 0 Å². The smallest absolute Gasteiger partial charge is 0.342 e. The highest BCUT2D eigenvalue weighted by molar-refractivity contribution is 6.12. The van der Waals surface area contributed by atoms with Crippen molar-refractivity contribution in [2.45, 2.75) is 31.1 Å². The zero-order valence-corrected chi connectivity index (χ0v) is 10.5. The molecule has 0 bridgehead atoms. The fourth-order valence-electron chi connectivity index (χ4n) is 2.78. The van der Waals surface area contributed by atoms with E-state index < -0.39 is 22.9 Å². The van der Waals surface area contributed by atoms with Crippen LogP contribution in [-0.2, 0) is 15.0 Å². The molecule has 2 rings (SSSR count). The predicted molar refractivity (Wildman–Crippen MR) is 69.9 cm³/mol. The van der Waals surface area contributed by atoms with Gasteiger partial charge in [0.2, 0.25) is 0 Å². The molecular weight excluding hydrogens is 244 g/mol. The number of aliphatic carboxylic acids is 2. The molecule has 1 aromatic rings. The quantitative estimate of drug-likeness (QED) is 0.495. The van der Waals surface area contributed by atoms with Crippen LogP contribution in [0.2, 0.25) is 0 Å². The van der Waals surface area contributed by atoms with Crippen LogP contribution in [0.25, 0.3) is 0 Å². The summed E-state index contributed by atoms with van der Waals surface area (Å²) in [5.74, 6) is -2.76. The van der Waals surface area contributed by atoms with Crippen molar-refractivity contribution in [2.24, 2.45) is 0 Å². The number of carboxylic acid groups (broad SMARTS) is 2. The third kappa shape index (κ3) is 2.67. The largest absolute Gasteiger partial charge is 0.477 e. The molecule has 19 heavy (non-hydrogen) atoms. The first-order valence-corrected chi connectivity index (χ1v) is 6.30. The van der Waals surface area contributed by atoms with Gasteiger partial charge in [0, 0.05) is 5.41 Å². The van der Waals surface area contributed by atoms with E-state index in [9.17, 15) is 9.59 Å². The summed E-state index contributed by atoms with van der Waals surface area (Å²) in [4.78, 5) is 22.1. The molecule has 1 saturated carbocycles. The molecule has 0 aliphatic heterocycles. The second kappa shape index (κ2) is 5.26. The lowest BCUT2D eigenvalue weighted by Gasteiger charge is -2.26. The van der Waals surface area contributed by atoms with E-state index in [4.69, 9.17) is 10.2 Å². The normalized spacial score (nSPS) is 16.8. The lowest BCUT2D eigenvalue weighted by atomic mass is 9.77. The van der Waals surface area contributed by atoms with Crippen molar-refractivity contribution < 1.29 is 19.8 Å². The van der Waals surface area contributed by atoms with Gasteiger partial charge >= 0.3 is 11.9 Å². The molecule has 0 radical (unpaired) electrons. The van der Waals surface area contributed by atoms with Crippen molar-refractivity contribution in [3.63, 3.8) is 0 Å². The van der Waals surface area contributed by atoms with Gasteiger partial charge in [0.25, 0.3) is 0 Å². The van der Waals surface area contributed by atoms with Gasteiger partial charge in [0.1, 0.15) is 5.57 Å². The molecule has 0 amide bonds. The van der Waals surface area contributed by atoms with Crippen LogP contribution in [0.3, 0.4) is 0 Å². The summed E-state index contributed by atoms with van der Waals surface area (Å²) in [5.41, 5.74) is 0.00570. The van der Waals surface area contributed by atoms with Crippen LogP contribution in [0.1, 0.15) is 31.2 Å². The summed E-state index contributed by atoms with van der Waals surface area (Å²) in [5, 5.41) is 18.0. The van der Waals surface area contributed by atoms with Crippen LogP contribution in [0, 0.1) is 0 Å². The highest BCUT2D eigenvalue weighted by atomic mass is 16.4. The molecule has 0 saturated heterocycles. The van der Waals surface area contributed by atoms with Crippen LogP contribution >= 0.6 is 0 Å². The van der Waals surface area contributed by atoms with E-state index in [2.05, 4.69) is 0 Å². The molecule has 0 aromatic heterocycles. The van der Waals surface area contributed by atoms with Gasteiger partial charge in [-0.2, -0.15) is 0 Å². The number of carbonyl (C=O) groups is 2. The van der Waals surface area contributed by atoms with E-state index in [1.807, 2.05) is 30.3 Å². The van der Waals surface area contributed by atoms with Crippen molar-refractivity contribution in [1.29, 1.82) is 0 Å². The lowest BCUT2D eigenvalue weighted by molar-refractivity contribution is -0.140. The molecule has 4 heteroatoms. The summed E-state index contributed by atoms with van der Waals surface area (Å²) in [6.45, 7) is 0. The SMILES string of the molecule is O=C(O)C(=CC1(c2ccccc2)CCCC1)C(=O)O. The van der Waals surface area contributed by atoms with E-state index in [0.717, 1.165) is 31.2 Å². The van der Waals surface area contributed by atoms with Crippen molar-refractivity contribution in [2.75, 3.05) is 0 Å². The number of carboxylic acids is 2. The Morgan fingerprint density at radius 3 is 2.00 bits per heavy atom. The van der Waals surface area contributed by atoms with Gasteiger partial charge in [-0.1, -0.05) is 49.2 Å². The summed E-state index contributed by atoms with van der Waals surface area (Å²) in [6.07, 6.45) is 4.98. The first kappa shape index (κ1) is 13.3. The molecule has 0 atom stereocenters. The molecule has 1 aliphatic carbocycles. The van der Waals surface area contributed by atoms with Crippen LogP contribution < -0.4 is 0 Å². The van der Waals surface area contributed by atoms with E-state index in [1.54, 1.807) is 0 Å². The van der Waals surface area contributed by atoms with Crippen molar-refractivity contribution >= 4 is 11.9 Å². The number of allylic oxidation sites excluding steroid dienone is 1. The molecule has 2 N–H and O–H groups in total. The van der Waals surface area contributed by atoms with Gasteiger partial charge in [-0.25, -0.2) is 9.59 Å². The maximum Gasteiger partial charge on any atom is 0.342 e. The monoisotopic (exact) mass is 260 g/mol. The molecule has 0 unspecified atom stereocenters. The lowest BCUT2D eigenvalue weighted by Crippen LogP contribution is -2.23. The number of hydrogen-bond acceptors (Lipinski definition) is 2. The summed E-state index contributed by atoms with van der Waals surface area (Å²) in [6, 6.07) is 9.55. The Kier molecular flexibility index (Phi) is 3.69. The van der Waals surface area contributed by atoms with Gasteiger partial charge in [-0.15, -0.1) is 0 Å². The minimum atomic E-state index is -1.38. The minimum absolute atomic E-state index is 0.451. The Labute approximate surface area is 111 Å². The Morgan fingerprint density at radius 1 is 1.00 bits per heavy atom. The fraction of sp³-hybridized carbons (Fsp3) is 0.333. The highest BCUT2D eigenvalue weighted by Gasteiger charge is 2.36. The number of benzene rings is 1. The first-order chi connectivity index (χ1) is 9.05. The molecule has 0 heterocycles. The van der Waals surface area contributed by atoms with Gasteiger partial charge in [0.05, 0.1) is 0 Å². The van der Waals surface area contributed by atoms with Gasteiger partial charge < -0.3 is 10.2 Å². The summed E-state index contributed by atoms with van der Waals surface area (Å²) < 4.78 is 0. The van der Waals surface area contributed by atoms with E-state index in [-0.39, 0.29) is 0 Å². The molecule has 1 aliphatic rings. The highest BCUT2D eigenvalue weighted by Crippen LogP contribution is 2.43. The van der Waals surface area contributed by atoms with E-state index >= 15 is 0 Å². The molecule has 0 spiro atoms. The van der Waals surface area contributed by atoms with Gasteiger partial charge in [0.15, 0.2) is 0 Å². The standard InChI is InChI=1S/C15H16O4/c16-13(17)12(14(18)19)10-15(8-4-5-9-15)11-6-2-1-3-7-11/h1-3,6-7,10H,4-5,8-9H2,(H,16,17)(H,18,19). The van der Waals surface area contributed by atoms with Crippen molar-refractivity contribution in [1.82, 2.24) is 0 Å². The summed E-state index contributed by atoms with van der Waals surface area (Å²) >= 11 is 0. The van der Waals surface area contributed by atoms with Crippen LogP contribution in [0.4, 0.5) is 0 Å². The third-order valence-electron chi connectivity index (χ3n) is 3.73. The average molecular weight is 260 g/mol. The fourth-order valence-corrected chi connectivity index (χ4v) is 2.78. The Hall–Kier alpha value is -2.10. The van der Waals surface area contributed by atoms with Crippen molar-refractivity contribution in [3.05, 3.63) is 47.5 Å². The van der Waals surface area contributed by atoms with Crippen LogP contribution in [0.15, 0.2) is 42.0 Å². The second-order valence-corrected chi connectivity index (χ2v) is 4.90. The Morgan fingerprint density at radius 2 is 1.53 bits per heavy atom. The predicted octanol–water partition coefficient (Wildman–Crippen LogP) is 2.59. The minimum Gasteiger partial charge on any atom is -0.477 e. The average Bonchev–Trinajstić information content (AvgIpc) is 2.86. The second-order valence-electron chi connectivity index (χ2n) is 4.90. The summed E-state index contributed by atoms with van der Waals surface area (Å²) in [7, 11) is 0. The zero-order valence-electron chi connectivity index (χ0n) is 10.5. The number of rotatable bonds is 4.